The quantitative estimate of drug-likeness (QED) is 0.765. The first-order chi connectivity index (χ1) is 7.79. The van der Waals surface area contributed by atoms with Crippen LogP contribution < -0.4 is 4.74 Å². The minimum Gasteiger partial charge on any atom is -0.437 e. The second-order valence-corrected chi connectivity index (χ2v) is 3.16. The van der Waals surface area contributed by atoms with Crippen molar-refractivity contribution in [3.63, 3.8) is 0 Å². The third-order valence-electron chi connectivity index (χ3n) is 2.01. The molecule has 2 aromatic rings. The number of nitriles is 1. The van der Waals surface area contributed by atoms with E-state index in [0.29, 0.717) is 17.3 Å². The summed E-state index contributed by atoms with van der Waals surface area (Å²) < 4.78 is 5.53. The summed E-state index contributed by atoms with van der Waals surface area (Å²) in [5.74, 6) is 1.04. The first-order valence-electron chi connectivity index (χ1n) is 4.76. The second kappa shape index (κ2) is 4.41. The number of hydrogen-bond donors (Lipinski definition) is 0. The van der Waals surface area contributed by atoms with Crippen molar-refractivity contribution in [3.05, 3.63) is 47.9 Å². The van der Waals surface area contributed by atoms with Gasteiger partial charge in [-0.2, -0.15) is 5.26 Å². The molecule has 0 bridgehead atoms. The molecule has 16 heavy (non-hydrogen) atoms. The number of nitrogens with zero attached hydrogens (tertiary/aromatic N) is 3. The fourth-order valence-electron chi connectivity index (χ4n) is 1.22. The van der Waals surface area contributed by atoms with Gasteiger partial charge in [0.2, 0.25) is 5.88 Å². The lowest BCUT2D eigenvalue weighted by Gasteiger charge is -2.06. The fraction of sp³-hybridized carbons (Fsp3) is 0.0833. The topological polar surface area (TPSA) is 58.8 Å². The summed E-state index contributed by atoms with van der Waals surface area (Å²) in [6, 6.07) is 10.6. The molecule has 4 heteroatoms. The molecule has 0 radical (unpaired) electrons. The maximum atomic E-state index is 8.70. The first-order valence-corrected chi connectivity index (χ1v) is 4.76. The number of aromatic nitrogens is 2. The van der Waals surface area contributed by atoms with Crippen LogP contribution in [0, 0.1) is 18.3 Å². The van der Waals surface area contributed by atoms with Crippen LogP contribution in [0.15, 0.2) is 36.5 Å². The maximum absolute atomic E-state index is 8.70. The number of pyridine rings is 2. The maximum Gasteiger partial charge on any atom is 0.220 e. The van der Waals surface area contributed by atoms with Crippen molar-refractivity contribution in [3.8, 4) is 17.7 Å². The highest BCUT2D eigenvalue weighted by atomic mass is 16.5. The van der Waals surface area contributed by atoms with Crippen LogP contribution in [0.1, 0.15) is 11.4 Å². The Balaban J connectivity index is 2.28. The molecule has 0 saturated carbocycles. The van der Waals surface area contributed by atoms with Crippen molar-refractivity contribution in [2.75, 3.05) is 0 Å². The zero-order valence-corrected chi connectivity index (χ0v) is 8.71. The van der Waals surface area contributed by atoms with E-state index in [1.807, 2.05) is 19.1 Å². The van der Waals surface area contributed by atoms with E-state index in [9.17, 15) is 0 Å². The Hall–Kier alpha value is -2.41. The second-order valence-electron chi connectivity index (χ2n) is 3.16. The number of rotatable bonds is 2. The van der Waals surface area contributed by atoms with Crippen LogP contribution in [0.5, 0.6) is 11.6 Å². The van der Waals surface area contributed by atoms with Crippen LogP contribution >= 0.6 is 0 Å². The predicted molar refractivity (Wildman–Crippen MR) is 58.0 cm³/mol. The van der Waals surface area contributed by atoms with Crippen molar-refractivity contribution >= 4 is 0 Å². The van der Waals surface area contributed by atoms with Crippen LogP contribution in [0.2, 0.25) is 0 Å². The van der Waals surface area contributed by atoms with Gasteiger partial charge in [-0.3, -0.25) is 4.98 Å². The summed E-state index contributed by atoms with van der Waals surface area (Å²) in [5, 5.41) is 8.70. The summed E-state index contributed by atoms with van der Waals surface area (Å²) in [6.07, 6.45) is 1.70. The summed E-state index contributed by atoms with van der Waals surface area (Å²) in [4.78, 5) is 8.12. The molecule has 2 aromatic heterocycles. The van der Waals surface area contributed by atoms with Gasteiger partial charge in [-0.1, -0.05) is 6.07 Å². The van der Waals surface area contributed by atoms with E-state index in [4.69, 9.17) is 10.00 Å². The van der Waals surface area contributed by atoms with Crippen LogP contribution in [0.3, 0.4) is 0 Å². The third kappa shape index (κ3) is 2.15. The van der Waals surface area contributed by atoms with Gasteiger partial charge in [0.05, 0.1) is 5.69 Å². The van der Waals surface area contributed by atoms with Crippen molar-refractivity contribution in [2.45, 2.75) is 6.92 Å². The van der Waals surface area contributed by atoms with Crippen LogP contribution in [-0.2, 0) is 0 Å². The van der Waals surface area contributed by atoms with Gasteiger partial charge < -0.3 is 4.74 Å². The molecule has 0 fully saturated rings. The zero-order chi connectivity index (χ0) is 11.4. The van der Waals surface area contributed by atoms with E-state index >= 15 is 0 Å². The predicted octanol–water partition coefficient (Wildman–Crippen LogP) is 2.45. The molecule has 0 unspecified atom stereocenters. The Kier molecular flexibility index (Phi) is 2.79. The Labute approximate surface area is 93.2 Å². The van der Waals surface area contributed by atoms with Crippen molar-refractivity contribution in [1.82, 2.24) is 9.97 Å². The monoisotopic (exact) mass is 211 g/mol. The molecule has 0 saturated heterocycles. The molecule has 0 atom stereocenters. The average Bonchev–Trinajstić information content (AvgIpc) is 2.32. The van der Waals surface area contributed by atoms with E-state index in [0.717, 1.165) is 5.69 Å². The van der Waals surface area contributed by atoms with E-state index < -0.39 is 0 Å². The summed E-state index contributed by atoms with van der Waals surface area (Å²) in [6.45, 7) is 1.85. The highest BCUT2D eigenvalue weighted by Gasteiger charge is 2.02. The van der Waals surface area contributed by atoms with E-state index in [-0.39, 0.29) is 0 Å². The largest absolute Gasteiger partial charge is 0.437 e. The average molecular weight is 211 g/mol. The molecule has 2 heterocycles. The zero-order valence-electron chi connectivity index (χ0n) is 8.71. The van der Waals surface area contributed by atoms with Crippen LogP contribution in [-0.4, -0.2) is 9.97 Å². The van der Waals surface area contributed by atoms with Gasteiger partial charge in [-0.05, 0) is 25.1 Å². The Morgan fingerprint density at radius 1 is 1.25 bits per heavy atom. The smallest absolute Gasteiger partial charge is 0.220 e. The summed E-state index contributed by atoms with van der Waals surface area (Å²) in [5.41, 5.74) is 1.12. The normalized spacial score (nSPS) is 9.50. The van der Waals surface area contributed by atoms with E-state index in [1.54, 1.807) is 30.5 Å². The van der Waals surface area contributed by atoms with Crippen LogP contribution in [0.25, 0.3) is 0 Å². The lowest BCUT2D eigenvalue weighted by Crippen LogP contribution is -1.92. The minimum absolute atomic E-state index is 0.332. The molecule has 4 nitrogen and oxygen atoms in total. The van der Waals surface area contributed by atoms with Gasteiger partial charge in [0.15, 0.2) is 5.75 Å². The minimum atomic E-state index is 0.332. The molecule has 2 rings (SSSR count). The number of ether oxygens (including phenoxy) is 1. The molecule has 0 spiro atoms. The highest BCUT2D eigenvalue weighted by molar-refractivity contribution is 5.32. The Morgan fingerprint density at radius 3 is 2.88 bits per heavy atom. The SMILES string of the molecule is Cc1ncccc1Oc1cccc(C#N)n1. The fourth-order valence-corrected chi connectivity index (χ4v) is 1.22. The molecule has 0 N–H and O–H groups in total. The number of aryl methyl sites for hydroxylation is 1. The lowest BCUT2D eigenvalue weighted by atomic mass is 10.3. The molecular weight excluding hydrogens is 202 g/mol. The molecular formula is C12H9N3O. The molecule has 78 valence electrons. The van der Waals surface area contributed by atoms with Gasteiger partial charge >= 0.3 is 0 Å². The van der Waals surface area contributed by atoms with Gasteiger partial charge in [0, 0.05) is 12.3 Å². The van der Waals surface area contributed by atoms with Crippen molar-refractivity contribution in [1.29, 1.82) is 5.26 Å². The van der Waals surface area contributed by atoms with Crippen molar-refractivity contribution < 1.29 is 4.74 Å². The Morgan fingerprint density at radius 2 is 2.12 bits per heavy atom. The molecule has 0 aliphatic carbocycles. The molecule has 0 aliphatic rings. The first kappa shape index (κ1) is 10.1. The molecule has 0 amide bonds. The summed E-state index contributed by atoms with van der Waals surface area (Å²) in [7, 11) is 0. The van der Waals surface area contributed by atoms with Crippen LogP contribution in [0.4, 0.5) is 0 Å². The lowest BCUT2D eigenvalue weighted by molar-refractivity contribution is 0.456. The summed E-state index contributed by atoms with van der Waals surface area (Å²) >= 11 is 0. The third-order valence-corrected chi connectivity index (χ3v) is 2.01. The standard InChI is InChI=1S/C12H9N3O/c1-9-11(5-3-7-14-9)16-12-6-2-4-10(8-13)15-12/h2-7H,1H3. The number of hydrogen-bond acceptors (Lipinski definition) is 4. The van der Waals surface area contributed by atoms with E-state index in [2.05, 4.69) is 9.97 Å². The van der Waals surface area contributed by atoms with Gasteiger partial charge in [0.1, 0.15) is 11.8 Å². The van der Waals surface area contributed by atoms with Gasteiger partial charge in [-0.15, -0.1) is 0 Å². The van der Waals surface area contributed by atoms with Gasteiger partial charge in [0.25, 0.3) is 0 Å². The molecule has 0 aliphatic heterocycles. The van der Waals surface area contributed by atoms with Crippen molar-refractivity contribution in [2.24, 2.45) is 0 Å². The van der Waals surface area contributed by atoms with E-state index in [1.165, 1.54) is 0 Å². The molecule has 0 aromatic carbocycles. The highest BCUT2D eigenvalue weighted by Crippen LogP contribution is 2.21. The Bertz CT molecular complexity index is 546. The van der Waals surface area contributed by atoms with Gasteiger partial charge in [-0.25, -0.2) is 4.98 Å².